The van der Waals surface area contributed by atoms with E-state index in [9.17, 15) is 18.0 Å². The SMILES string of the molecule is O=C(CCOc1ccccc1F)NCC(F)(F)CO. The number of para-hydroxylation sites is 1. The molecule has 7 heteroatoms. The highest BCUT2D eigenvalue weighted by Gasteiger charge is 2.27. The summed E-state index contributed by atoms with van der Waals surface area (Å²) in [7, 11) is 0. The fourth-order valence-electron chi connectivity index (χ4n) is 1.19. The Morgan fingerprint density at radius 1 is 1.37 bits per heavy atom. The first-order chi connectivity index (χ1) is 8.94. The molecule has 0 aliphatic carbocycles. The average Bonchev–Trinajstić information content (AvgIpc) is 2.39. The van der Waals surface area contributed by atoms with Crippen LogP contribution in [0.4, 0.5) is 13.2 Å². The number of benzene rings is 1. The predicted octanol–water partition coefficient (Wildman–Crippen LogP) is 1.34. The Labute approximate surface area is 108 Å². The summed E-state index contributed by atoms with van der Waals surface area (Å²) in [4.78, 5) is 11.2. The van der Waals surface area contributed by atoms with Crippen molar-refractivity contribution in [2.75, 3.05) is 19.8 Å². The van der Waals surface area contributed by atoms with E-state index < -0.39 is 30.8 Å². The summed E-state index contributed by atoms with van der Waals surface area (Å²) < 4.78 is 43.3. The molecule has 0 fully saturated rings. The van der Waals surface area contributed by atoms with Gasteiger partial charge in [-0.1, -0.05) is 12.1 Å². The van der Waals surface area contributed by atoms with E-state index >= 15 is 0 Å². The largest absolute Gasteiger partial charge is 0.490 e. The van der Waals surface area contributed by atoms with Crippen LogP contribution in [0.5, 0.6) is 5.75 Å². The lowest BCUT2D eigenvalue weighted by molar-refractivity contribution is -0.124. The van der Waals surface area contributed by atoms with Gasteiger partial charge in [-0.05, 0) is 12.1 Å². The maximum absolute atomic E-state index is 13.1. The molecule has 0 saturated heterocycles. The molecule has 4 nitrogen and oxygen atoms in total. The quantitative estimate of drug-likeness (QED) is 0.790. The van der Waals surface area contributed by atoms with E-state index in [-0.39, 0.29) is 18.8 Å². The van der Waals surface area contributed by atoms with E-state index in [4.69, 9.17) is 9.84 Å². The van der Waals surface area contributed by atoms with Crippen LogP contribution >= 0.6 is 0 Å². The Hall–Kier alpha value is -1.76. The molecule has 1 amide bonds. The molecular formula is C12H14F3NO3. The molecule has 1 rings (SSSR count). The number of rotatable bonds is 7. The normalized spacial score (nSPS) is 11.2. The lowest BCUT2D eigenvalue weighted by Gasteiger charge is -2.14. The molecule has 0 atom stereocenters. The molecule has 0 aromatic heterocycles. The van der Waals surface area contributed by atoms with Crippen LogP contribution in [0.25, 0.3) is 0 Å². The van der Waals surface area contributed by atoms with Gasteiger partial charge in [0.15, 0.2) is 11.6 Å². The number of aliphatic hydroxyl groups excluding tert-OH is 1. The molecular weight excluding hydrogens is 263 g/mol. The summed E-state index contributed by atoms with van der Waals surface area (Å²) in [5, 5.41) is 10.2. The van der Waals surface area contributed by atoms with Gasteiger partial charge in [-0.15, -0.1) is 0 Å². The summed E-state index contributed by atoms with van der Waals surface area (Å²) in [6.45, 7) is -2.40. The van der Waals surface area contributed by atoms with Crippen LogP contribution < -0.4 is 10.1 Å². The van der Waals surface area contributed by atoms with Gasteiger partial charge in [-0.2, -0.15) is 0 Å². The average molecular weight is 277 g/mol. The number of ether oxygens (including phenoxy) is 1. The van der Waals surface area contributed by atoms with Crippen molar-refractivity contribution >= 4 is 5.91 Å². The maximum atomic E-state index is 13.1. The molecule has 1 aromatic carbocycles. The third-order valence-electron chi connectivity index (χ3n) is 2.20. The van der Waals surface area contributed by atoms with Crippen molar-refractivity contribution in [1.29, 1.82) is 0 Å². The van der Waals surface area contributed by atoms with Crippen LogP contribution in [0.15, 0.2) is 24.3 Å². The molecule has 106 valence electrons. The third-order valence-corrected chi connectivity index (χ3v) is 2.20. The van der Waals surface area contributed by atoms with Crippen LogP contribution in [0.3, 0.4) is 0 Å². The number of halogens is 3. The highest BCUT2D eigenvalue weighted by molar-refractivity contribution is 5.76. The van der Waals surface area contributed by atoms with E-state index in [1.54, 1.807) is 6.07 Å². The number of alkyl halides is 2. The number of hydrogen-bond donors (Lipinski definition) is 2. The molecule has 0 aliphatic heterocycles. The van der Waals surface area contributed by atoms with Crippen molar-refractivity contribution in [2.45, 2.75) is 12.3 Å². The second kappa shape index (κ2) is 6.98. The fraction of sp³-hybridized carbons (Fsp3) is 0.417. The molecule has 0 bridgehead atoms. The van der Waals surface area contributed by atoms with E-state index in [1.807, 2.05) is 5.32 Å². The van der Waals surface area contributed by atoms with Crippen LogP contribution in [0.1, 0.15) is 6.42 Å². The lowest BCUT2D eigenvalue weighted by Crippen LogP contribution is -2.39. The first-order valence-electron chi connectivity index (χ1n) is 5.57. The highest BCUT2D eigenvalue weighted by atomic mass is 19.3. The van der Waals surface area contributed by atoms with Gasteiger partial charge in [-0.3, -0.25) is 4.79 Å². The van der Waals surface area contributed by atoms with Crippen LogP contribution in [-0.4, -0.2) is 36.7 Å². The summed E-state index contributed by atoms with van der Waals surface area (Å²) in [6.07, 6.45) is -0.185. The predicted molar refractivity (Wildman–Crippen MR) is 61.6 cm³/mol. The highest BCUT2D eigenvalue weighted by Crippen LogP contribution is 2.15. The zero-order valence-electron chi connectivity index (χ0n) is 10.0. The fourth-order valence-corrected chi connectivity index (χ4v) is 1.19. The summed E-state index contributed by atoms with van der Waals surface area (Å²) >= 11 is 0. The first kappa shape index (κ1) is 15.3. The van der Waals surface area contributed by atoms with Gasteiger partial charge in [0, 0.05) is 0 Å². The number of amides is 1. The molecule has 0 radical (unpaired) electrons. The number of carbonyl (C=O) groups is 1. The number of carbonyl (C=O) groups excluding carboxylic acids is 1. The molecule has 19 heavy (non-hydrogen) atoms. The van der Waals surface area contributed by atoms with Gasteiger partial charge in [0.25, 0.3) is 5.92 Å². The summed E-state index contributed by atoms with van der Waals surface area (Å²) in [5.74, 6) is -4.57. The number of hydrogen-bond acceptors (Lipinski definition) is 3. The van der Waals surface area contributed by atoms with E-state index in [0.717, 1.165) is 0 Å². The molecule has 0 heterocycles. The zero-order chi connectivity index (χ0) is 14.3. The van der Waals surface area contributed by atoms with E-state index in [1.165, 1.54) is 18.2 Å². The Morgan fingerprint density at radius 3 is 2.68 bits per heavy atom. The molecule has 2 N–H and O–H groups in total. The van der Waals surface area contributed by atoms with Gasteiger partial charge in [0.2, 0.25) is 5.91 Å². The Morgan fingerprint density at radius 2 is 2.05 bits per heavy atom. The molecule has 1 aromatic rings. The first-order valence-corrected chi connectivity index (χ1v) is 5.57. The van der Waals surface area contributed by atoms with Crippen LogP contribution in [-0.2, 0) is 4.79 Å². The lowest BCUT2D eigenvalue weighted by atomic mass is 10.3. The Kier molecular flexibility index (Phi) is 5.62. The number of nitrogens with one attached hydrogen (secondary N) is 1. The minimum atomic E-state index is -3.35. The zero-order valence-corrected chi connectivity index (χ0v) is 10.0. The minimum Gasteiger partial charge on any atom is -0.490 e. The van der Waals surface area contributed by atoms with Crippen molar-refractivity contribution in [1.82, 2.24) is 5.32 Å². The van der Waals surface area contributed by atoms with Gasteiger partial charge in [0.1, 0.15) is 6.61 Å². The molecule has 0 spiro atoms. The van der Waals surface area contributed by atoms with Gasteiger partial charge < -0.3 is 15.2 Å². The van der Waals surface area contributed by atoms with Gasteiger partial charge >= 0.3 is 0 Å². The Bertz CT molecular complexity index is 426. The molecule has 0 unspecified atom stereocenters. The van der Waals surface area contributed by atoms with Crippen LogP contribution in [0, 0.1) is 5.82 Å². The standard InChI is InChI=1S/C12H14F3NO3/c13-9-3-1-2-4-10(9)19-6-5-11(18)16-7-12(14,15)8-17/h1-4,17H,5-8H2,(H,16,18). The molecule has 0 saturated carbocycles. The van der Waals surface area contributed by atoms with Crippen molar-refractivity contribution in [2.24, 2.45) is 0 Å². The third kappa shape index (κ3) is 5.60. The van der Waals surface area contributed by atoms with E-state index in [0.29, 0.717) is 0 Å². The van der Waals surface area contributed by atoms with Gasteiger partial charge in [-0.25, -0.2) is 13.2 Å². The summed E-state index contributed by atoms with van der Waals surface area (Å²) in [5.41, 5.74) is 0. The summed E-state index contributed by atoms with van der Waals surface area (Å²) in [6, 6.07) is 5.66. The maximum Gasteiger partial charge on any atom is 0.287 e. The van der Waals surface area contributed by atoms with Crippen molar-refractivity contribution < 1.29 is 27.8 Å². The van der Waals surface area contributed by atoms with Crippen molar-refractivity contribution in [3.8, 4) is 5.75 Å². The topological polar surface area (TPSA) is 58.6 Å². The second-order valence-electron chi connectivity index (χ2n) is 3.82. The molecule has 0 aliphatic rings. The second-order valence-corrected chi connectivity index (χ2v) is 3.82. The Balaban J connectivity index is 2.26. The van der Waals surface area contributed by atoms with Crippen LogP contribution in [0.2, 0.25) is 0 Å². The van der Waals surface area contributed by atoms with E-state index in [2.05, 4.69) is 0 Å². The monoisotopic (exact) mass is 277 g/mol. The smallest absolute Gasteiger partial charge is 0.287 e. The number of aliphatic hydroxyl groups is 1. The van der Waals surface area contributed by atoms with Crippen molar-refractivity contribution in [3.63, 3.8) is 0 Å². The van der Waals surface area contributed by atoms with Crippen molar-refractivity contribution in [3.05, 3.63) is 30.1 Å². The minimum absolute atomic E-state index is 0.00371. The van der Waals surface area contributed by atoms with Gasteiger partial charge in [0.05, 0.1) is 19.6 Å².